The average molecular weight is 292 g/mol. The van der Waals surface area contributed by atoms with Crippen molar-refractivity contribution in [3.63, 3.8) is 0 Å². The van der Waals surface area contributed by atoms with E-state index in [1.165, 1.54) is 0 Å². The summed E-state index contributed by atoms with van der Waals surface area (Å²) in [5, 5.41) is 0. The highest BCUT2D eigenvalue weighted by Gasteiger charge is 2.10. The number of ether oxygens (including phenoxy) is 1. The lowest BCUT2D eigenvalue weighted by molar-refractivity contribution is 0.0728. The first kappa shape index (κ1) is 11.8. The Morgan fingerprint density at radius 2 is 2.00 bits per heavy atom. The van der Waals surface area contributed by atoms with Gasteiger partial charge in [-0.2, -0.15) is 0 Å². The minimum absolute atomic E-state index is 0.279. The SMILES string of the molecule is Cc1cccc(OC(=O)c2cccc(Br)n2)c1. The Balaban J connectivity index is 2.17. The number of rotatable bonds is 2. The lowest BCUT2D eigenvalue weighted by Gasteiger charge is -2.04. The molecule has 1 aromatic carbocycles. The van der Waals surface area contributed by atoms with Crippen LogP contribution in [0, 0.1) is 6.92 Å². The number of benzene rings is 1. The molecule has 0 N–H and O–H groups in total. The van der Waals surface area contributed by atoms with E-state index in [0.29, 0.717) is 10.4 Å². The van der Waals surface area contributed by atoms with Gasteiger partial charge in [0.05, 0.1) is 0 Å². The van der Waals surface area contributed by atoms with Gasteiger partial charge in [-0.05, 0) is 52.7 Å². The predicted molar refractivity (Wildman–Crippen MR) is 68.1 cm³/mol. The first-order chi connectivity index (χ1) is 8.15. The maximum Gasteiger partial charge on any atom is 0.362 e. The van der Waals surface area contributed by atoms with Crippen LogP contribution in [0.5, 0.6) is 5.75 Å². The third-order valence-electron chi connectivity index (χ3n) is 2.12. The number of hydrogen-bond acceptors (Lipinski definition) is 3. The molecule has 17 heavy (non-hydrogen) atoms. The van der Waals surface area contributed by atoms with E-state index in [4.69, 9.17) is 4.74 Å². The molecule has 86 valence electrons. The molecule has 1 aromatic heterocycles. The van der Waals surface area contributed by atoms with Crippen molar-refractivity contribution in [2.45, 2.75) is 6.92 Å². The fraction of sp³-hybridized carbons (Fsp3) is 0.0769. The van der Waals surface area contributed by atoms with E-state index in [-0.39, 0.29) is 5.69 Å². The molecular formula is C13H10BrNO2. The van der Waals surface area contributed by atoms with Crippen LogP contribution < -0.4 is 4.74 Å². The minimum atomic E-state index is -0.461. The zero-order valence-electron chi connectivity index (χ0n) is 9.18. The van der Waals surface area contributed by atoms with Gasteiger partial charge < -0.3 is 4.74 Å². The molecule has 0 aliphatic carbocycles. The summed E-state index contributed by atoms with van der Waals surface area (Å²) >= 11 is 3.21. The number of esters is 1. The van der Waals surface area contributed by atoms with Gasteiger partial charge in [0.25, 0.3) is 0 Å². The first-order valence-electron chi connectivity index (χ1n) is 5.06. The molecule has 0 fully saturated rings. The van der Waals surface area contributed by atoms with Crippen molar-refractivity contribution in [1.29, 1.82) is 0 Å². The quantitative estimate of drug-likeness (QED) is 0.484. The number of halogens is 1. The number of carbonyl (C=O) groups excluding carboxylic acids is 1. The van der Waals surface area contributed by atoms with Crippen molar-refractivity contribution in [2.24, 2.45) is 0 Å². The molecule has 2 rings (SSSR count). The van der Waals surface area contributed by atoms with Crippen LogP contribution in [0.15, 0.2) is 47.1 Å². The standard InChI is InChI=1S/C13H10BrNO2/c1-9-4-2-5-10(8-9)17-13(16)11-6-3-7-12(14)15-11/h2-8H,1H3. The van der Waals surface area contributed by atoms with E-state index in [1.54, 1.807) is 30.3 Å². The highest BCUT2D eigenvalue weighted by molar-refractivity contribution is 9.10. The van der Waals surface area contributed by atoms with Crippen LogP contribution in [0.4, 0.5) is 0 Å². The number of aromatic nitrogens is 1. The molecule has 0 bridgehead atoms. The summed E-state index contributed by atoms with van der Waals surface area (Å²) in [6.45, 7) is 1.94. The van der Waals surface area contributed by atoms with E-state index >= 15 is 0 Å². The summed E-state index contributed by atoms with van der Waals surface area (Å²) in [5.74, 6) is 0.0636. The van der Waals surface area contributed by atoms with Crippen molar-refractivity contribution >= 4 is 21.9 Å². The first-order valence-corrected chi connectivity index (χ1v) is 5.86. The predicted octanol–water partition coefficient (Wildman–Crippen LogP) is 3.37. The zero-order valence-corrected chi connectivity index (χ0v) is 10.8. The Morgan fingerprint density at radius 3 is 2.71 bits per heavy atom. The molecule has 1 heterocycles. The highest BCUT2D eigenvalue weighted by Crippen LogP contribution is 2.14. The summed E-state index contributed by atoms with van der Waals surface area (Å²) in [7, 11) is 0. The number of hydrogen-bond donors (Lipinski definition) is 0. The van der Waals surface area contributed by atoms with Gasteiger partial charge in [0.15, 0.2) is 0 Å². The molecule has 0 amide bonds. The lowest BCUT2D eigenvalue weighted by atomic mass is 10.2. The highest BCUT2D eigenvalue weighted by atomic mass is 79.9. The monoisotopic (exact) mass is 291 g/mol. The molecule has 4 heteroatoms. The van der Waals surface area contributed by atoms with Gasteiger partial charge in [-0.25, -0.2) is 9.78 Å². The van der Waals surface area contributed by atoms with E-state index in [9.17, 15) is 4.79 Å². The van der Waals surface area contributed by atoms with Gasteiger partial charge >= 0.3 is 5.97 Å². The van der Waals surface area contributed by atoms with Crippen molar-refractivity contribution in [1.82, 2.24) is 4.98 Å². The summed E-state index contributed by atoms with van der Waals surface area (Å²) in [4.78, 5) is 15.8. The Kier molecular flexibility index (Phi) is 3.54. The normalized spacial score (nSPS) is 10.0. The molecular weight excluding hydrogens is 282 g/mol. The van der Waals surface area contributed by atoms with Crippen molar-refractivity contribution in [2.75, 3.05) is 0 Å². The number of carbonyl (C=O) groups is 1. The van der Waals surface area contributed by atoms with Gasteiger partial charge in [-0.3, -0.25) is 0 Å². The summed E-state index contributed by atoms with van der Waals surface area (Å²) < 4.78 is 5.82. The van der Waals surface area contributed by atoms with Crippen LogP contribution in [0.3, 0.4) is 0 Å². The summed E-state index contributed by atoms with van der Waals surface area (Å²) in [6.07, 6.45) is 0. The second-order valence-electron chi connectivity index (χ2n) is 3.55. The Morgan fingerprint density at radius 1 is 1.24 bits per heavy atom. The molecule has 0 spiro atoms. The van der Waals surface area contributed by atoms with Crippen LogP contribution in [-0.4, -0.2) is 11.0 Å². The van der Waals surface area contributed by atoms with Crippen LogP contribution >= 0.6 is 15.9 Å². The Bertz CT molecular complexity index is 555. The van der Waals surface area contributed by atoms with Gasteiger partial charge in [-0.15, -0.1) is 0 Å². The fourth-order valence-electron chi connectivity index (χ4n) is 1.36. The molecule has 0 unspecified atom stereocenters. The van der Waals surface area contributed by atoms with Crippen molar-refractivity contribution in [3.05, 3.63) is 58.3 Å². The van der Waals surface area contributed by atoms with E-state index in [1.807, 2.05) is 19.1 Å². The van der Waals surface area contributed by atoms with E-state index < -0.39 is 5.97 Å². The largest absolute Gasteiger partial charge is 0.422 e. The van der Waals surface area contributed by atoms with Crippen molar-refractivity contribution < 1.29 is 9.53 Å². The number of nitrogens with zero attached hydrogens (tertiary/aromatic N) is 1. The lowest BCUT2D eigenvalue weighted by Crippen LogP contribution is -2.10. The summed E-state index contributed by atoms with van der Waals surface area (Å²) in [6, 6.07) is 12.4. The topological polar surface area (TPSA) is 39.2 Å². The third kappa shape index (κ3) is 3.14. The minimum Gasteiger partial charge on any atom is -0.422 e. The Labute approximate surface area is 108 Å². The maximum absolute atomic E-state index is 11.8. The van der Waals surface area contributed by atoms with Crippen molar-refractivity contribution in [3.8, 4) is 5.75 Å². The summed E-state index contributed by atoms with van der Waals surface area (Å²) in [5.41, 5.74) is 1.32. The number of aryl methyl sites for hydroxylation is 1. The van der Waals surface area contributed by atoms with Crippen LogP contribution in [0.2, 0.25) is 0 Å². The molecule has 0 radical (unpaired) electrons. The smallest absolute Gasteiger partial charge is 0.362 e. The van der Waals surface area contributed by atoms with Gasteiger partial charge in [0.2, 0.25) is 0 Å². The molecule has 0 atom stereocenters. The molecule has 2 aromatic rings. The van der Waals surface area contributed by atoms with Gasteiger partial charge in [0, 0.05) is 0 Å². The van der Waals surface area contributed by atoms with E-state index in [2.05, 4.69) is 20.9 Å². The van der Waals surface area contributed by atoms with Gasteiger partial charge in [0.1, 0.15) is 16.0 Å². The number of pyridine rings is 1. The molecule has 0 saturated heterocycles. The fourth-order valence-corrected chi connectivity index (χ4v) is 1.70. The molecule has 0 saturated carbocycles. The van der Waals surface area contributed by atoms with E-state index in [0.717, 1.165) is 5.56 Å². The second kappa shape index (κ2) is 5.10. The maximum atomic E-state index is 11.8. The zero-order chi connectivity index (χ0) is 12.3. The Hall–Kier alpha value is -1.68. The average Bonchev–Trinajstić information content (AvgIpc) is 2.29. The van der Waals surface area contributed by atoms with Crippen LogP contribution in [0.1, 0.15) is 16.1 Å². The van der Waals surface area contributed by atoms with Crippen LogP contribution in [-0.2, 0) is 0 Å². The van der Waals surface area contributed by atoms with Crippen LogP contribution in [0.25, 0.3) is 0 Å². The third-order valence-corrected chi connectivity index (χ3v) is 2.57. The van der Waals surface area contributed by atoms with Gasteiger partial charge in [-0.1, -0.05) is 18.2 Å². The molecule has 0 aliphatic rings. The molecule has 0 aliphatic heterocycles. The second-order valence-corrected chi connectivity index (χ2v) is 4.36. The molecule has 3 nitrogen and oxygen atoms in total.